The molecule has 2 heterocycles. The van der Waals surface area contributed by atoms with E-state index >= 15 is 0 Å². The zero-order chi connectivity index (χ0) is 22.5. The first kappa shape index (κ1) is 22.2. The molecule has 1 aromatic heterocycles. The van der Waals surface area contributed by atoms with Gasteiger partial charge in [-0.25, -0.2) is 9.37 Å². The monoisotopic (exact) mass is 455 g/mol. The fraction of sp³-hybridized carbons (Fsp3) is 0.333. The summed E-state index contributed by atoms with van der Waals surface area (Å²) in [5.41, 5.74) is 1.18. The maximum Gasteiger partial charge on any atom is 0.272 e. The van der Waals surface area contributed by atoms with Crippen molar-refractivity contribution in [3.05, 3.63) is 66.2 Å². The molecule has 1 saturated heterocycles. The van der Waals surface area contributed by atoms with Gasteiger partial charge in [0.1, 0.15) is 17.6 Å². The average molecular weight is 456 g/mol. The lowest BCUT2D eigenvalue weighted by atomic mass is 10.1. The predicted octanol–water partition coefficient (Wildman–Crippen LogP) is 4.82. The van der Waals surface area contributed by atoms with Gasteiger partial charge in [-0.1, -0.05) is 23.9 Å². The number of amides is 1. The van der Waals surface area contributed by atoms with Gasteiger partial charge in [0.2, 0.25) is 0 Å². The molecule has 0 spiro atoms. The summed E-state index contributed by atoms with van der Waals surface area (Å²) in [7, 11) is 0. The van der Waals surface area contributed by atoms with E-state index in [2.05, 4.69) is 4.98 Å². The van der Waals surface area contributed by atoms with Gasteiger partial charge in [-0.3, -0.25) is 9.36 Å². The van der Waals surface area contributed by atoms with E-state index in [1.54, 1.807) is 22.9 Å². The first-order chi connectivity index (χ1) is 15.6. The van der Waals surface area contributed by atoms with Crippen molar-refractivity contribution in [3.8, 4) is 17.2 Å². The molecule has 1 aliphatic rings. The number of halogens is 1. The Morgan fingerprint density at radius 2 is 1.81 bits per heavy atom. The molecular weight excluding hydrogens is 429 g/mol. The maximum absolute atomic E-state index is 13.4. The molecule has 0 unspecified atom stereocenters. The van der Waals surface area contributed by atoms with Crippen LogP contribution in [0, 0.1) is 5.82 Å². The summed E-state index contributed by atoms with van der Waals surface area (Å²) in [5, 5.41) is 0.686. The molecule has 32 heavy (non-hydrogen) atoms. The largest absolute Gasteiger partial charge is 0.490 e. The van der Waals surface area contributed by atoms with Crippen LogP contribution in [0.15, 0.2) is 59.9 Å². The van der Waals surface area contributed by atoms with Crippen molar-refractivity contribution in [2.75, 3.05) is 26.0 Å². The number of rotatable bonds is 7. The van der Waals surface area contributed by atoms with Gasteiger partial charge in [0, 0.05) is 31.6 Å². The molecule has 2 aromatic carbocycles. The Morgan fingerprint density at radius 1 is 1.12 bits per heavy atom. The molecule has 1 amide bonds. The number of thioether (sulfide) groups is 1. The normalized spacial score (nSPS) is 14.4. The summed E-state index contributed by atoms with van der Waals surface area (Å²) in [6, 6.07) is 13.7. The number of ether oxygens (including phenoxy) is 2. The van der Waals surface area contributed by atoms with Crippen LogP contribution in [-0.4, -0.2) is 52.4 Å². The molecule has 8 heteroatoms. The minimum Gasteiger partial charge on any atom is -0.490 e. The Bertz CT molecular complexity index is 1060. The van der Waals surface area contributed by atoms with Crippen LogP contribution in [0.3, 0.4) is 0 Å². The Hall–Kier alpha value is -3.00. The Morgan fingerprint density at radius 3 is 2.47 bits per heavy atom. The minimum atomic E-state index is -0.319. The van der Waals surface area contributed by atoms with Gasteiger partial charge in [0.15, 0.2) is 16.7 Å². The van der Waals surface area contributed by atoms with Crippen molar-refractivity contribution in [2.45, 2.75) is 31.0 Å². The fourth-order valence-electron chi connectivity index (χ4n) is 3.81. The van der Waals surface area contributed by atoms with Gasteiger partial charge >= 0.3 is 0 Å². The zero-order valence-electron chi connectivity index (χ0n) is 18.2. The van der Waals surface area contributed by atoms with E-state index in [-0.39, 0.29) is 17.8 Å². The number of imidazole rings is 1. The van der Waals surface area contributed by atoms with E-state index in [0.29, 0.717) is 36.2 Å². The lowest BCUT2D eigenvalue weighted by molar-refractivity contribution is 0.0581. The van der Waals surface area contributed by atoms with Crippen LogP contribution in [0.2, 0.25) is 0 Å². The Kier molecular flexibility index (Phi) is 6.99. The average Bonchev–Trinajstić information content (AvgIpc) is 3.25. The SMILES string of the molecule is CCOc1ccccc1OC1CCN(C(=O)c2cnc(SC)n2-c2ccc(F)cc2)CC1. The predicted molar refractivity (Wildman–Crippen MR) is 122 cm³/mol. The van der Waals surface area contributed by atoms with E-state index in [4.69, 9.17) is 9.47 Å². The summed E-state index contributed by atoms with van der Waals surface area (Å²) in [4.78, 5) is 19.5. The lowest BCUT2D eigenvalue weighted by Gasteiger charge is -2.32. The highest BCUT2D eigenvalue weighted by atomic mass is 32.2. The van der Waals surface area contributed by atoms with Crippen LogP contribution < -0.4 is 9.47 Å². The van der Waals surface area contributed by atoms with Crippen molar-refractivity contribution in [1.29, 1.82) is 0 Å². The molecular formula is C24H26FN3O3S. The third kappa shape index (κ3) is 4.75. The summed E-state index contributed by atoms with van der Waals surface area (Å²) in [6.45, 7) is 3.69. The molecule has 4 rings (SSSR count). The van der Waals surface area contributed by atoms with Crippen molar-refractivity contribution in [2.24, 2.45) is 0 Å². The second-order valence-electron chi connectivity index (χ2n) is 7.43. The molecule has 0 N–H and O–H groups in total. The second kappa shape index (κ2) is 10.1. The third-order valence-corrected chi connectivity index (χ3v) is 6.04. The van der Waals surface area contributed by atoms with Crippen molar-refractivity contribution < 1.29 is 18.7 Å². The van der Waals surface area contributed by atoms with E-state index in [1.165, 1.54) is 23.9 Å². The van der Waals surface area contributed by atoms with Crippen LogP contribution in [0.25, 0.3) is 5.69 Å². The quantitative estimate of drug-likeness (QED) is 0.479. The van der Waals surface area contributed by atoms with Crippen LogP contribution in [0.4, 0.5) is 4.39 Å². The molecule has 0 radical (unpaired) electrons. The molecule has 6 nitrogen and oxygen atoms in total. The highest BCUT2D eigenvalue weighted by Crippen LogP contribution is 2.30. The number of likely N-dealkylation sites (tertiary alicyclic amines) is 1. The molecule has 1 aliphatic heterocycles. The molecule has 0 bridgehead atoms. The molecule has 0 aliphatic carbocycles. The second-order valence-corrected chi connectivity index (χ2v) is 8.20. The van der Waals surface area contributed by atoms with Gasteiger partial charge in [0.05, 0.1) is 12.8 Å². The van der Waals surface area contributed by atoms with E-state index < -0.39 is 0 Å². The van der Waals surface area contributed by atoms with Gasteiger partial charge in [-0.15, -0.1) is 0 Å². The van der Waals surface area contributed by atoms with E-state index in [9.17, 15) is 9.18 Å². The molecule has 1 fully saturated rings. The van der Waals surface area contributed by atoms with Crippen molar-refractivity contribution in [3.63, 3.8) is 0 Å². The summed E-state index contributed by atoms with van der Waals surface area (Å²) < 4.78 is 27.0. The summed E-state index contributed by atoms with van der Waals surface area (Å²) in [6.07, 6.45) is 4.97. The van der Waals surface area contributed by atoms with Crippen LogP contribution >= 0.6 is 11.8 Å². The Balaban J connectivity index is 1.45. The smallest absolute Gasteiger partial charge is 0.272 e. The van der Waals surface area contributed by atoms with Crippen LogP contribution in [0.1, 0.15) is 30.3 Å². The summed E-state index contributed by atoms with van der Waals surface area (Å²) in [5.74, 6) is 1.06. The number of hydrogen-bond acceptors (Lipinski definition) is 5. The van der Waals surface area contributed by atoms with Gasteiger partial charge in [0.25, 0.3) is 5.91 Å². The molecule has 0 saturated carbocycles. The number of carbonyl (C=O) groups excluding carboxylic acids is 1. The topological polar surface area (TPSA) is 56.6 Å². The fourth-order valence-corrected chi connectivity index (χ4v) is 4.35. The number of benzene rings is 2. The lowest BCUT2D eigenvalue weighted by Crippen LogP contribution is -2.42. The van der Waals surface area contributed by atoms with E-state index in [0.717, 1.165) is 24.3 Å². The third-order valence-electron chi connectivity index (χ3n) is 5.39. The minimum absolute atomic E-state index is 0.0180. The number of hydrogen-bond donors (Lipinski definition) is 0. The first-order valence-corrected chi connectivity index (χ1v) is 11.9. The van der Waals surface area contributed by atoms with Crippen molar-refractivity contribution in [1.82, 2.24) is 14.5 Å². The number of piperidine rings is 1. The van der Waals surface area contributed by atoms with Gasteiger partial charge in [-0.2, -0.15) is 0 Å². The molecule has 0 atom stereocenters. The van der Waals surface area contributed by atoms with Crippen molar-refractivity contribution >= 4 is 17.7 Å². The summed E-state index contributed by atoms with van der Waals surface area (Å²) >= 11 is 1.44. The molecule has 168 valence electrons. The molecule has 3 aromatic rings. The van der Waals surface area contributed by atoms with Crippen LogP contribution in [0.5, 0.6) is 11.5 Å². The zero-order valence-corrected chi connectivity index (χ0v) is 19.0. The van der Waals surface area contributed by atoms with Gasteiger partial charge < -0.3 is 14.4 Å². The number of carbonyl (C=O) groups is 1. The number of nitrogens with zero attached hydrogens (tertiary/aromatic N) is 3. The highest BCUT2D eigenvalue weighted by molar-refractivity contribution is 7.98. The standard InChI is InChI=1S/C24H26FN3O3S/c1-3-30-21-6-4-5-7-22(21)31-19-12-14-27(15-13-19)23(29)20-16-26-24(32-2)28(20)18-10-8-17(25)9-11-18/h4-11,16,19H,3,12-15H2,1-2H3. The maximum atomic E-state index is 13.4. The first-order valence-electron chi connectivity index (χ1n) is 10.7. The Labute approximate surface area is 191 Å². The number of aromatic nitrogens is 2. The van der Waals surface area contributed by atoms with Crippen LogP contribution in [-0.2, 0) is 0 Å². The van der Waals surface area contributed by atoms with Gasteiger partial charge in [-0.05, 0) is 49.6 Å². The highest BCUT2D eigenvalue weighted by Gasteiger charge is 2.28. The van der Waals surface area contributed by atoms with E-state index in [1.807, 2.05) is 42.3 Å². The number of para-hydroxylation sites is 2.